The Morgan fingerprint density at radius 2 is 1.80 bits per heavy atom. The molecule has 1 fully saturated rings. The minimum Gasteiger partial charge on any atom is -0.334 e. The van der Waals surface area contributed by atoms with Crippen LogP contribution in [0.2, 0.25) is 5.02 Å². The van der Waals surface area contributed by atoms with E-state index in [0.29, 0.717) is 12.8 Å². The Labute approximate surface area is 180 Å². The summed E-state index contributed by atoms with van der Waals surface area (Å²) < 4.78 is 40.2. The summed E-state index contributed by atoms with van der Waals surface area (Å²) >= 11 is 6.17. The summed E-state index contributed by atoms with van der Waals surface area (Å²) in [7, 11) is -2.69. The fourth-order valence-corrected chi connectivity index (χ4v) is 4.92. The molecule has 0 radical (unpaired) electrons. The Morgan fingerprint density at radius 3 is 2.40 bits per heavy atom. The molecule has 1 aliphatic rings. The number of rotatable bonds is 5. The Kier molecular flexibility index (Phi) is 6.34. The zero-order chi connectivity index (χ0) is 21.9. The minimum atomic E-state index is -4.02. The molecule has 1 aliphatic carbocycles. The van der Waals surface area contributed by atoms with Gasteiger partial charge in [0.2, 0.25) is 0 Å². The van der Waals surface area contributed by atoms with Gasteiger partial charge >= 0.3 is 0 Å². The number of nitriles is 1. The number of nitrogens with one attached hydrogen (secondary N) is 1. The number of nitrogens with zero attached hydrogens (tertiary/aromatic N) is 2. The number of amides is 1. The molecular formula is C21H21ClFN3O3S. The average Bonchev–Trinajstić information content (AvgIpc) is 2.74. The number of benzene rings is 2. The Morgan fingerprint density at radius 1 is 1.17 bits per heavy atom. The topological polar surface area (TPSA) is 90.3 Å². The van der Waals surface area contributed by atoms with Gasteiger partial charge in [-0.2, -0.15) is 5.26 Å². The fraction of sp³-hybridized carbons (Fsp3) is 0.333. The van der Waals surface area contributed by atoms with Crippen LogP contribution in [0.1, 0.15) is 42.5 Å². The molecule has 0 heterocycles. The molecule has 0 atom stereocenters. The van der Waals surface area contributed by atoms with Gasteiger partial charge in [0.1, 0.15) is 11.4 Å². The molecule has 0 aliphatic heterocycles. The first-order valence-electron chi connectivity index (χ1n) is 9.46. The number of hydrogen-bond acceptors (Lipinski definition) is 4. The van der Waals surface area contributed by atoms with Gasteiger partial charge < -0.3 is 5.32 Å². The second-order valence-electron chi connectivity index (χ2n) is 7.30. The van der Waals surface area contributed by atoms with Gasteiger partial charge in [-0.15, -0.1) is 0 Å². The van der Waals surface area contributed by atoms with E-state index in [9.17, 15) is 22.9 Å². The number of carbonyl (C=O) groups excluding carboxylic acids is 1. The maximum Gasteiger partial charge on any atom is 0.264 e. The number of anilines is 1. The maximum atomic E-state index is 13.2. The lowest BCUT2D eigenvalue weighted by atomic mass is 9.82. The highest BCUT2D eigenvalue weighted by Crippen LogP contribution is 2.30. The van der Waals surface area contributed by atoms with Crippen molar-refractivity contribution in [3.8, 4) is 6.07 Å². The first-order chi connectivity index (χ1) is 14.2. The van der Waals surface area contributed by atoms with E-state index in [1.807, 2.05) is 0 Å². The molecule has 0 bridgehead atoms. The van der Waals surface area contributed by atoms with Crippen molar-refractivity contribution >= 4 is 33.2 Å². The van der Waals surface area contributed by atoms with E-state index in [0.717, 1.165) is 35.7 Å². The highest BCUT2D eigenvalue weighted by Gasteiger charge is 2.34. The molecule has 0 unspecified atom stereocenters. The highest BCUT2D eigenvalue weighted by molar-refractivity contribution is 7.92. The van der Waals surface area contributed by atoms with Gasteiger partial charge in [0.25, 0.3) is 15.9 Å². The molecule has 158 valence electrons. The molecule has 0 aromatic heterocycles. The molecule has 3 rings (SSSR count). The van der Waals surface area contributed by atoms with E-state index in [-0.39, 0.29) is 21.2 Å². The SMILES string of the molecule is CN(c1ccc(F)cc1)S(=O)(=O)c1ccc(Cl)c(C(=O)NC2(C#N)CCCCC2)c1. The third-order valence-electron chi connectivity index (χ3n) is 5.31. The molecule has 30 heavy (non-hydrogen) atoms. The van der Waals surface area contributed by atoms with Gasteiger partial charge in [-0.05, 0) is 55.3 Å². The summed E-state index contributed by atoms with van der Waals surface area (Å²) in [6.45, 7) is 0. The third-order valence-corrected chi connectivity index (χ3v) is 7.42. The number of halogens is 2. The van der Waals surface area contributed by atoms with Crippen molar-refractivity contribution in [1.29, 1.82) is 5.26 Å². The van der Waals surface area contributed by atoms with Crippen molar-refractivity contribution in [1.82, 2.24) is 5.32 Å². The van der Waals surface area contributed by atoms with E-state index in [4.69, 9.17) is 11.6 Å². The van der Waals surface area contributed by atoms with Crippen molar-refractivity contribution in [3.05, 3.63) is 58.9 Å². The van der Waals surface area contributed by atoms with Crippen LogP contribution in [-0.2, 0) is 10.0 Å². The van der Waals surface area contributed by atoms with Crippen LogP contribution in [0.5, 0.6) is 0 Å². The van der Waals surface area contributed by atoms with E-state index >= 15 is 0 Å². The fourth-order valence-electron chi connectivity index (χ4n) is 3.49. The molecule has 2 aromatic rings. The van der Waals surface area contributed by atoms with Crippen molar-refractivity contribution in [2.45, 2.75) is 42.5 Å². The molecule has 1 N–H and O–H groups in total. The van der Waals surface area contributed by atoms with Gasteiger partial charge in [0.15, 0.2) is 0 Å². The van der Waals surface area contributed by atoms with Crippen LogP contribution in [0.15, 0.2) is 47.4 Å². The van der Waals surface area contributed by atoms with Crippen LogP contribution in [0.3, 0.4) is 0 Å². The zero-order valence-corrected chi connectivity index (χ0v) is 17.9. The van der Waals surface area contributed by atoms with E-state index in [2.05, 4.69) is 11.4 Å². The quantitative estimate of drug-likeness (QED) is 0.738. The summed E-state index contributed by atoms with van der Waals surface area (Å²) in [6.07, 6.45) is 3.75. The van der Waals surface area contributed by atoms with Gasteiger partial charge in [0.05, 0.1) is 27.2 Å². The Hall–Kier alpha value is -2.63. The summed E-state index contributed by atoms with van der Waals surface area (Å²) in [5.41, 5.74) is -0.730. The van der Waals surface area contributed by atoms with Gasteiger partial charge in [-0.3, -0.25) is 9.10 Å². The number of sulfonamides is 1. The second kappa shape index (κ2) is 8.62. The van der Waals surface area contributed by atoms with E-state index in [1.54, 1.807) is 0 Å². The largest absolute Gasteiger partial charge is 0.334 e. The first kappa shape index (κ1) is 22.1. The predicted octanol–water partition coefficient (Wildman–Crippen LogP) is 4.26. The smallest absolute Gasteiger partial charge is 0.264 e. The summed E-state index contributed by atoms with van der Waals surface area (Å²) in [5, 5.41) is 12.4. The van der Waals surface area contributed by atoms with Crippen LogP contribution in [0.4, 0.5) is 10.1 Å². The zero-order valence-electron chi connectivity index (χ0n) is 16.4. The van der Waals surface area contributed by atoms with Crippen molar-refractivity contribution < 1.29 is 17.6 Å². The maximum absolute atomic E-state index is 13.2. The monoisotopic (exact) mass is 449 g/mol. The van der Waals surface area contributed by atoms with Gasteiger partial charge in [-0.1, -0.05) is 30.9 Å². The lowest BCUT2D eigenvalue weighted by molar-refractivity contribution is 0.0902. The van der Waals surface area contributed by atoms with Gasteiger partial charge in [-0.25, -0.2) is 12.8 Å². The molecule has 2 aromatic carbocycles. The standard InChI is InChI=1S/C21H21ClFN3O3S/c1-26(16-7-5-15(23)6-8-16)30(28,29)17-9-10-19(22)18(13-17)20(27)25-21(14-24)11-3-2-4-12-21/h5-10,13H,2-4,11-12H2,1H3,(H,25,27). The van der Waals surface area contributed by atoms with E-state index in [1.165, 1.54) is 37.4 Å². The van der Waals surface area contributed by atoms with Crippen LogP contribution in [-0.4, -0.2) is 26.9 Å². The first-order valence-corrected chi connectivity index (χ1v) is 11.3. The van der Waals surface area contributed by atoms with Crippen molar-refractivity contribution in [2.24, 2.45) is 0 Å². The summed E-state index contributed by atoms with van der Waals surface area (Å²) in [4.78, 5) is 12.7. The molecule has 6 nitrogen and oxygen atoms in total. The Balaban J connectivity index is 1.91. The van der Waals surface area contributed by atoms with Crippen molar-refractivity contribution in [3.63, 3.8) is 0 Å². The molecular weight excluding hydrogens is 429 g/mol. The average molecular weight is 450 g/mol. The third kappa shape index (κ3) is 4.42. The molecule has 0 saturated heterocycles. The molecule has 9 heteroatoms. The van der Waals surface area contributed by atoms with Crippen LogP contribution in [0, 0.1) is 17.1 Å². The normalized spacial score (nSPS) is 15.8. The van der Waals surface area contributed by atoms with Crippen LogP contribution in [0.25, 0.3) is 0 Å². The lowest BCUT2D eigenvalue weighted by Crippen LogP contribution is -2.48. The minimum absolute atomic E-state index is 0.0227. The van der Waals surface area contributed by atoms with Crippen LogP contribution >= 0.6 is 11.6 Å². The van der Waals surface area contributed by atoms with Crippen LogP contribution < -0.4 is 9.62 Å². The second-order valence-corrected chi connectivity index (χ2v) is 9.68. The predicted molar refractivity (Wildman–Crippen MR) is 112 cm³/mol. The number of carbonyl (C=O) groups is 1. The summed E-state index contributed by atoms with van der Waals surface area (Å²) in [6, 6.07) is 11.0. The molecule has 1 amide bonds. The van der Waals surface area contributed by atoms with Gasteiger partial charge in [0, 0.05) is 7.05 Å². The lowest BCUT2D eigenvalue weighted by Gasteiger charge is -2.31. The van der Waals surface area contributed by atoms with E-state index < -0.39 is 27.3 Å². The number of hydrogen-bond donors (Lipinski definition) is 1. The molecule has 1 saturated carbocycles. The van der Waals surface area contributed by atoms with Crippen molar-refractivity contribution in [2.75, 3.05) is 11.4 Å². The summed E-state index contributed by atoms with van der Waals surface area (Å²) in [5.74, 6) is -1.07. The molecule has 0 spiro atoms. The highest BCUT2D eigenvalue weighted by atomic mass is 35.5. The Bertz CT molecular complexity index is 1090.